The molecule has 0 fully saturated rings. The highest BCUT2D eigenvalue weighted by Gasteiger charge is 2.16. The molecule has 2 unspecified atom stereocenters. The first-order chi connectivity index (χ1) is 6.43. The Kier molecular flexibility index (Phi) is 6.62. The Labute approximate surface area is 91.1 Å². The molecule has 0 aliphatic rings. The van der Waals surface area contributed by atoms with Gasteiger partial charge in [-0.25, -0.2) is 0 Å². The summed E-state index contributed by atoms with van der Waals surface area (Å²) in [4.78, 5) is 0. The summed E-state index contributed by atoms with van der Waals surface area (Å²) in [5.41, 5.74) is 5.84. The zero-order valence-electron chi connectivity index (χ0n) is 10.0. The van der Waals surface area contributed by atoms with Gasteiger partial charge in [-0.05, 0) is 31.2 Å². The summed E-state index contributed by atoms with van der Waals surface area (Å²) in [6.45, 7) is 9.19. The molecule has 86 valence electrons. The van der Waals surface area contributed by atoms with Crippen molar-refractivity contribution in [2.24, 2.45) is 11.1 Å². The van der Waals surface area contributed by atoms with Gasteiger partial charge in [-0.15, -0.1) is 0 Å². The lowest BCUT2D eigenvalue weighted by molar-refractivity contribution is 0.344. The van der Waals surface area contributed by atoms with Gasteiger partial charge in [0.05, 0.1) is 0 Å². The number of hydrogen-bond acceptors (Lipinski definition) is 2. The van der Waals surface area contributed by atoms with E-state index < -0.39 is 10.8 Å². The Morgan fingerprint density at radius 1 is 1.43 bits per heavy atom. The molecule has 14 heavy (non-hydrogen) atoms. The van der Waals surface area contributed by atoms with Crippen LogP contribution in [-0.4, -0.2) is 21.8 Å². The Balaban J connectivity index is 3.69. The minimum absolute atomic E-state index is 0.208. The normalized spacial score (nSPS) is 16.6. The zero-order valence-corrected chi connectivity index (χ0v) is 10.8. The van der Waals surface area contributed by atoms with E-state index in [1.807, 2.05) is 0 Å². The quantitative estimate of drug-likeness (QED) is 0.714. The van der Waals surface area contributed by atoms with Crippen molar-refractivity contribution < 1.29 is 4.21 Å². The molecule has 0 spiro atoms. The van der Waals surface area contributed by atoms with Crippen LogP contribution in [0.1, 0.15) is 47.0 Å². The van der Waals surface area contributed by atoms with Gasteiger partial charge in [0.2, 0.25) is 0 Å². The van der Waals surface area contributed by atoms with E-state index in [2.05, 4.69) is 27.7 Å². The summed E-state index contributed by atoms with van der Waals surface area (Å²) >= 11 is 0. The largest absolute Gasteiger partial charge is 0.330 e. The van der Waals surface area contributed by atoms with Crippen molar-refractivity contribution in [3.05, 3.63) is 0 Å². The molecular formula is C11H25NOS. The fraction of sp³-hybridized carbons (Fsp3) is 1.00. The summed E-state index contributed by atoms with van der Waals surface area (Å²) in [5, 5.41) is 0.344. The summed E-state index contributed by atoms with van der Waals surface area (Å²) in [7, 11) is -0.642. The fourth-order valence-corrected chi connectivity index (χ4v) is 2.39. The zero-order chi connectivity index (χ0) is 11.2. The van der Waals surface area contributed by atoms with Crippen LogP contribution < -0.4 is 5.73 Å². The monoisotopic (exact) mass is 219 g/mol. The van der Waals surface area contributed by atoms with Gasteiger partial charge in [-0.3, -0.25) is 4.21 Å². The highest BCUT2D eigenvalue weighted by molar-refractivity contribution is 7.85. The molecule has 0 radical (unpaired) electrons. The molecule has 0 saturated heterocycles. The van der Waals surface area contributed by atoms with Crippen LogP contribution in [0, 0.1) is 5.41 Å². The van der Waals surface area contributed by atoms with E-state index >= 15 is 0 Å². The third kappa shape index (κ3) is 5.76. The van der Waals surface area contributed by atoms with Crippen LogP contribution in [0.25, 0.3) is 0 Å². The molecule has 0 rings (SSSR count). The summed E-state index contributed by atoms with van der Waals surface area (Å²) in [6.07, 6.45) is 3.11. The first kappa shape index (κ1) is 14.1. The summed E-state index contributed by atoms with van der Waals surface area (Å²) in [6, 6.07) is 0. The first-order valence-electron chi connectivity index (χ1n) is 5.50. The van der Waals surface area contributed by atoms with E-state index in [9.17, 15) is 4.21 Å². The Bertz CT molecular complexity index is 180. The highest BCUT2D eigenvalue weighted by atomic mass is 32.2. The first-order valence-corrected chi connectivity index (χ1v) is 6.88. The van der Waals surface area contributed by atoms with Crippen molar-refractivity contribution in [3.8, 4) is 0 Å². The van der Waals surface area contributed by atoms with E-state index in [1.165, 1.54) is 0 Å². The van der Waals surface area contributed by atoms with E-state index in [0.29, 0.717) is 11.8 Å². The molecule has 0 aromatic rings. The molecule has 0 aromatic carbocycles. The van der Waals surface area contributed by atoms with E-state index in [0.717, 1.165) is 25.0 Å². The fourth-order valence-electron chi connectivity index (χ4n) is 1.18. The van der Waals surface area contributed by atoms with Crippen molar-refractivity contribution in [1.82, 2.24) is 0 Å². The lowest BCUT2D eigenvalue weighted by Crippen LogP contribution is -2.24. The van der Waals surface area contributed by atoms with Gasteiger partial charge in [0.15, 0.2) is 0 Å². The molecule has 0 bridgehead atoms. The van der Waals surface area contributed by atoms with Crippen LogP contribution in [0.4, 0.5) is 0 Å². The molecule has 0 heterocycles. The lowest BCUT2D eigenvalue weighted by atomic mass is 9.88. The highest BCUT2D eigenvalue weighted by Crippen LogP contribution is 2.20. The lowest BCUT2D eigenvalue weighted by Gasteiger charge is -2.22. The van der Waals surface area contributed by atoms with Crippen LogP contribution in [0.2, 0.25) is 0 Å². The maximum atomic E-state index is 11.6. The van der Waals surface area contributed by atoms with Gasteiger partial charge in [-0.2, -0.15) is 0 Å². The molecule has 0 aromatic heterocycles. The van der Waals surface area contributed by atoms with Gasteiger partial charge < -0.3 is 5.73 Å². The topological polar surface area (TPSA) is 43.1 Å². The Morgan fingerprint density at radius 3 is 2.43 bits per heavy atom. The Hall–Kier alpha value is 0.110. The third-order valence-electron chi connectivity index (χ3n) is 2.78. The van der Waals surface area contributed by atoms with Gasteiger partial charge in [0, 0.05) is 21.8 Å². The van der Waals surface area contributed by atoms with E-state index in [4.69, 9.17) is 5.73 Å². The molecule has 0 aliphatic carbocycles. The van der Waals surface area contributed by atoms with Crippen LogP contribution in [0.3, 0.4) is 0 Å². The van der Waals surface area contributed by atoms with Crippen molar-refractivity contribution in [2.75, 3.05) is 12.3 Å². The average Bonchev–Trinajstić information content (AvgIpc) is 2.16. The molecular weight excluding hydrogens is 194 g/mol. The SMILES string of the molecule is CCC(C)S(=O)CCCC(C)(C)CN. The standard InChI is InChI=1S/C11H25NOS/c1-5-10(2)14(13)8-6-7-11(3,4)9-12/h10H,5-9,12H2,1-4H3. The van der Waals surface area contributed by atoms with Gasteiger partial charge >= 0.3 is 0 Å². The predicted octanol–water partition coefficient (Wildman–Crippen LogP) is 2.30. The second kappa shape index (κ2) is 6.57. The molecule has 2 atom stereocenters. The van der Waals surface area contributed by atoms with Crippen molar-refractivity contribution in [2.45, 2.75) is 52.2 Å². The van der Waals surface area contributed by atoms with Crippen molar-refractivity contribution in [1.29, 1.82) is 0 Å². The van der Waals surface area contributed by atoms with Gasteiger partial charge in [0.25, 0.3) is 0 Å². The maximum absolute atomic E-state index is 11.6. The van der Waals surface area contributed by atoms with Crippen LogP contribution >= 0.6 is 0 Å². The molecule has 0 amide bonds. The number of nitrogens with two attached hydrogens (primary N) is 1. The summed E-state index contributed by atoms with van der Waals surface area (Å²) in [5.74, 6) is 0.832. The van der Waals surface area contributed by atoms with Crippen LogP contribution in [0.15, 0.2) is 0 Å². The molecule has 3 heteroatoms. The molecule has 0 saturated carbocycles. The summed E-state index contributed by atoms with van der Waals surface area (Å²) < 4.78 is 11.6. The van der Waals surface area contributed by atoms with E-state index in [-0.39, 0.29) is 5.41 Å². The second-order valence-corrected chi connectivity index (χ2v) is 6.75. The number of rotatable bonds is 7. The van der Waals surface area contributed by atoms with E-state index in [1.54, 1.807) is 0 Å². The molecule has 2 nitrogen and oxygen atoms in total. The van der Waals surface area contributed by atoms with Crippen molar-refractivity contribution in [3.63, 3.8) is 0 Å². The van der Waals surface area contributed by atoms with Crippen LogP contribution in [-0.2, 0) is 10.8 Å². The molecule has 2 N–H and O–H groups in total. The molecule has 0 aliphatic heterocycles. The number of hydrogen-bond donors (Lipinski definition) is 1. The van der Waals surface area contributed by atoms with Gasteiger partial charge in [-0.1, -0.05) is 27.7 Å². The smallest absolute Gasteiger partial charge is 0.0317 e. The Morgan fingerprint density at radius 2 is 2.00 bits per heavy atom. The van der Waals surface area contributed by atoms with Crippen LogP contribution in [0.5, 0.6) is 0 Å². The minimum atomic E-state index is -0.642. The van der Waals surface area contributed by atoms with Crippen molar-refractivity contribution >= 4 is 10.8 Å². The maximum Gasteiger partial charge on any atom is 0.0317 e. The predicted molar refractivity (Wildman–Crippen MR) is 64.8 cm³/mol. The minimum Gasteiger partial charge on any atom is -0.330 e. The average molecular weight is 219 g/mol. The third-order valence-corrected chi connectivity index (χ3v) is 4.70. The van der Waals surface area contributed by atoms with Gasteiger partial charge in [0.1, 0.15) is 0 Å². The second-order valence-electron chi connectivity index (χ2n) is 4.78.